The SMILES string of the molecule is O=C(CO/N=C/c1cccs1)NCCc1ccccc1. The third-order valence-electron chi connectivity index (χ3n) is 2.57. The average molecular weight is 288 g/mol. The number of carbonyl (C=O) groups is 1. The molecule has 4 nitrogen and oxygen atoms in total. The molecule has 1 aromatic carbocycles. The van der Waals surface area contributed by atoms with Crippen LogP contribution in [0, 0.1) is 0 Å². The summed E-state index contributed by atoms with van der Waals surface area (Å²) >= 11 is 1.56. The van der Waals surface area contributed by atoms with Gasteiger partial charge in [-0.15, -0.1) is 11.3 Å². The number of amides is 1. The van der Waals surface area contributed by atoms with E-state index in [1.807, 2.05) is 47.8 Å². The Bertz CT molecular complexity index is 538. The number of hydrogen-bond acceptors (Lipinski definition) is 4. The van der Waals surface area contributed by atoms with Gasteiger partial charge in [0.15, 0.2) is 6.61 Å². The van der Waals surface area contributed by atoms with Crippen LogP contribution in [0.25, 0.3) is 0 Å². The molecular weight excluding hydrogens is 272 g/mol. The average Bonchev–Trinajstić information content (AvgIpc) is 2.98. The largest absolute Gasteiger partial charge is 0.386 e. The van der Waals surface area contributed by atoms with E-state index in [1.165, 1.54) is 5.56 Å². The first-order valence-electron chi connectivity index (χ1n) is 6.34. The first-order chi connectivity index (χ1) is 9.84. The van der Waals surface area contributed by atoms with Gasteiger partial charge in [0.05, 0.1) is 6.21 Å². The van der Waals surface area contributed by atoms with Crippen molar-refractivity contribution < 1.29 is 9.63 Å². The van der Waals surface area contributed by atoms with E-state index in [0.29, 0.717) is 6.54 Å². The lowest BCUT2D eigenvalue weighted by Crippen LogP contribution is -2.28. The molecule has 0 radical (unpaired) electrons. The number of hydrogen-bond donors (Lipinski definition) is 1. The normalized spacial score (nSPS) is 10.6. The Morgan fingerprint density at radius 2 is 2.10 bits per heavy atom. The van der Waals surface area contributed by atoms with Crippen LogP contribution < -0.4 is 5.32 Å². The van der Waals surface area contributed by atoms with Gasteiger partial charge in [-0.25, -0.2) is 0 Å². The highest BCUT2D eigenvalue weighted by atomic mass is 32.1. The zero-order chi connectivity index (χ0) is 14.0. The van der Waals surface area contributed by atoms with Crippen LogP contribution in [0.2, 0.25) is 0 Å². The standard InChI is InChI=1S/C15H16N2O2S/c18-15(12-19-17-11-14-7-4-10-20-14)16-9-8-13-5-2-1-3-6-13/h1-7,10-11H,8-9,12H2,(H,16,18)/b17-11+. The van der Waals surface area contributed by atoms with E-state index < -0.39 is 0 Å². The second-order valence-corrected chi connectivity index (χ2v) is 5.09. The van der Waals surface area contributed by atoms with Crippen molar-refractivity contribution in [2.45, 2.75) is 6.42 Å². The van der Waals surface area contributed by atoms with E-state index in [1.54, 1.807) is 17.6 Å². The van der Waals surface area contributed by atoms with Crippen molar-refractivity contribution in [1.82, 2.24) is 5.32 Å². The molecule has 20 heavy (non-hydrogen) atoms. The maximum absolute atomic E-state index is 11.5. The molecule has 5 heteroatoms. The van der Waals surface area contributed by atoms with E-state index in [4.69, 9.17) is 4.84 Å². The Labute approximate surface area is 122 Å². The van der Waals surface area contributed by atoms with Crippen molar-refractivity contribution in [1.29, 1.82) is 0 Å². The number of rotatable bonds is 7. The summed E-state index contributed by atoms with van der Waals surface area (Å²) < 4.78 is 0. The molecule has 1 aromatic heterocycles. The van der Waals surface area contributed by atoms with Crippen molar-refractivity contribution in [2.75, 3.05) is 13.2 Å². The van der Waals surface area contributed by atoms with Gasteiger partial charge in [-0.3, -0.25) is 4.79 Å². The first-order valence-corrected chi connectivity index (χ1v) is 7.22. The Morgan fingerprint density at radius 3 is 2.85 bits per heavy atom. The predicted octanol–water partition coefficient (Wildman–Crippen LogP) is 2.46. The minimum atomic E-state index is -0.163. The van der Waals surface area contributed by atoms with Gasteiger partial charge in [-0.05, 0) is 23.4 Å². The molecule has 1 amide bonds. The van der Waals surface area contributed by atoms with Crippen LogP contribution in [0.5, 0.6) is 0 Å². The highest BCUT2D eigenvalue weighted by molar-refractivity contribution is 7.11. The van der Waals surface area contributed by atoms with Crippen molar-refractivity contribution >= 4 is 23.5 Å². The molecule has 104 valence electrons. The number of carbonyl (C=O) groups excluding carboxylic acids is 1. The molecule has 0 spiro atoms. The molecular formula is C15H16N2O2S. The third-order valence-corrected chi connectivity index (χ3v) is 3.38. The summed E-state index contributed by atoms with van der Waals surface area (Å²) in [5.74, 6) is -0.163. The van der Waals surface area contributed by atoms with E-state index in [2.05, 4.69) is 10.5 Å². The molecule has 0 fully saturated rings. The molecule has 0 unspecified atom stereocenters. The van der Waals surface area contributed by atoms with E-state index in [0.717, 1.165) is 11.3 Å². The molecule has 0 aliphatic rings. The Kier molecular flexibility index (Phi) is 5.79. The lowest BCUT2D eigenvalue weighted by molar-refractivity contribution is -0.125. The topological polar surface area (TPSA) is 50.7 Å². The molecule has 0 bridgehead atoms. The van der Waals surface area contributed by atoms with Crippen molar-refractivity contribution in [2.24, 2.45) is 5.16 Å². The van der Waals surface area contributed by atoms with Gasteiger partial charge in [0, 0.05) is 11.4 Å². The second kappa shape index (κ2) is 8.12. The monoisotopic (exact) mass is 288 g/mol. The van der Waals surface area contributed by atoms with Crippen molar-refractivity contribution in [3.63, 3.8) is 0 Å². The van der Waals surface area contributed by atoms with Gasteiger partial charge < -0.3 is 10.2 Å². The highest BCUT2D eigenvalue weighted by Crippen LogP contribution is 2.04. The zero-order valence-electron chi connectivity index (χ0n) is 11.0. The van der Waals surface area contributed by atoms with Gasteiger partial charge in [-0.2, -0.15) is 0 Å². The lowest BCUT2D eigenvalue weighted by Gasteiger charge is -2.04. The van der Waals surface area contributed by atoms with Gasteiger partial charge >= 0.3 is 0 Å². The summed E-state index contributed by atoms with van der Waals surface area (Å²) in [6.07, 6.45) is 2.41. The van der Waals surface area contributed by atoms with Gasteiger partial charge in [0.2, 0.25) is 0 Å². The van der Waals surface area contributed by atoms with Gasteiger partial charge in [-0.1, -0.05) is 41.6 Å². The Balaban J connectivity index is 1.59. The van der Waals surface area contributed by atoms with E-state index >= 15 is 0 Å². The summed E-state index contributed by atoms with van der Waals surface area (Å²) in [5.41, 5.74) is 1.20. The zero-order valence-corrected chi connectivity index (χ0v) is 11.8. The van der Waals surface area contributed by atoms with Crippen molar-refractivity contribution in [3.8, 4) is 0 Å². The number of oxime groups is 1. The second-order valence-electron chi connectivity index (χ2n) is 4.11. The van der Waals surface area contributed by atoms with Crippen LogP contribution in [0.3, 0.4) is 0 Å². The number of thiophene rings is 1. The number of nitrogens with zero attached hydrogens (tertiary/aromatic N) is 1. The molecule has 1 N–H and O–H groups in total. The molecule has 1 heterocycles. The molecule has 0 saturated heterocycles. The predicted molar refractivity (Wildman–Crippen MR) is 81.0 cm³/mol. The fraction of sp³-hybridized carbons (Fsp3) is 0.200. The molecule has 0 atom stereocenters. The van der Waals surface area contributed by atoms with Crippen LogP contribution in [0.1, 0.15) is 10.4 Å². The smallest absolute Gasteiger partial charge is 0.260 e. The number of nitrogens with one attached hydrogen (secondary N) is 1. The molecule has 0 aliphatic carbocycles. The molecule has 2 rings (SSSR count). The molecule has 0 saturated carbocycles. The summed E-state index contributed by atoms with van der Waals surface area (Å²) in [4.78, 5) is 17.4. The Morgan fingerprint density at radius 1 is 1.25 bits per heavy atom. The van der Waals surface area contributed by atoms with Crippen LogP contribution in [0.4, 0.5) is 0 Å². The van der Waals surface area contributed by atoms with Crippen molar-refractivity contribution in [3.05, 3.63) is 58.3 Å². The van der Waals surface area contributed by atoms with Gasteiger partial charge in [0.1, 0.15) is 0 Å². The lowest BCUT2D eigenvalue weighted by atomic mass is 10.1. The van der Waals surface area contributed by atoms with Crippen LogP contribution >= 0.6 is 11.3 Å². The minimum Gasteiger partial charge on any atom is -0.386 e. The molecule has 0 aliphatic heterocycles. The quantitative estimate of drug-likeness (QED) is 0.628. The highest BCUT2D eigenvalue weighted by Gasteiger charge is 2.00. The summed E-state index contributed by atoms with van der Waals surface area (Å²) in [5, 5.41) is 8.49. The van der Waals surface area contributed by atoms with Gasteiger partial charge in [0.25, 0.3) is 5.91 Å². The van der Waals surface area contributed by atoms with E-state index in [9.17, 15) is 4.79 Å². The summed E-state index contributed by atoms with van der Waals surface area (Å²) in [6, 6.07) is 13.9. The van der Waals surface area contributed by atoms with E-state index in [-0.39, 0.29) is 12.5 Å². The van der Waals surface area contributed by atoms with Crippen LogP contribution in [-0.4, -0.2) is 25.3 Å². The summed E-state index contributed by atoms with van der Waals surface area (Å²) in [6.45, 7) is 0.539. The first kappa shape index (κ1) is 14.3. The fourth-order valence-electron chi connectivity index (χ4n) is 1.59. The maximum Gasteiger partial charge on any atom is 0.260 e. The molecule has 2 aromatic rings. The Hall–Kier alpha value is -2.14. The fourth-order valence-corrected chi connectivity index (χ4v) is 2.17. The maximum atomic E-state index is 11.5. The minimum absolute atomic E-state index is 0.0589. The number of benzene rings is 1. The summed E-state index contributed by atoms with van der Waals surface area (Å²) in [7, 11) is 0. The van der Waals surface area contributed by atoms with Crippen LogP contribution in [-0.2, 0) is 16.1 Å². The third kappa shape index (κ3) is 5.24. The van der Waals surface area contributed by atoms with Crippen LogP contribution in [0.15, 0.2) is 53.0 Å².